The molecule has 0 saturated carbocycles. The Morgan fingerprint density at radius 3 is 2.15 bits per heavy atom. The van der Waals surface area contributed by atoms with Crippen LogP contribution in [-0.4, -0.2) is 42.0 Å². The normalized spacial score (nSPS) is 20.0. The smallest absolute Gasteiger partial charge is 0.169 e. The van der Waals surface area contributed by atoms with E-state index in [1.54, 1.807) is 28.4 Å². The fraction of sp³-hybridized carbons (Fsp3) is 0.429. The molecule has 1 heterocycles. The van der Waals surface area contributed by atoms with E-state index in [2.05, 4.69) is 25.2 Å². The van der Waals surface area contributed by atoms with Gasteiger partial charge in [-0.05, 0) is 34.9 Å². The minimum absolute atomic E-state index is 0.416. The fourth-order valence-electron chi connectivity index (χ4n) is 4.51. The van der Waals surface area contributed by atoms with Gasteiger partial charge in [-0.3, -0.25) is 0 Å². The third kappa shape index (κ3) is 2.34. The maximum absolute atomic E-state index is 5.82. The van der Waals surface area contributed by atoms with Crippen LogP contribution in [0.1, 0.15) is 22.7 Å². The van der Waals surface area contributed by atoms with Gasteiger partial charge in [0.1, 0.15) is 6.04 Å². The summed E-state index contributed by atoms with van der Waals surface area (Å²) in [5.74, 6) is 3.10. The molecule has 1 unspecified atom stereocenters. The number of methoxy groups -OCH3 is 4. The van der Waals surface area contributed by atoms with Gasteiger partial charge in [-0.15, -0.1) is 0 Å². The summed E-state index contributed by atoms with van der Waals surface area (Å²) in [5.41, 5.74) is 6.33. The maximum atomic E-state index is 5.82. The van der Waals surface area contributed by atoms with Crippen molar-refractivity contribution in [2.75, 3.05) is 42.0 Å². The van der Waals surface area contributed by atoms with Crippen molar-refractivity contribution >= 4 is 0 Å². The van der Waals surface area contributed by atoms with E-state index in [9.17, 15) is 0 Å². The number of rotatable bonds is 4. The van der Waals surface area contributed by atoms with Gasteiger partial charge in [0.2, 0.25) is 0 Å². The molecule has 0 aromatic heterocycles. The number of hydrogen-bond donors (Lipinski definition) is 1. The van der Waals surface area contributed by atoms with Gasteiger partial charge in [0.15, 0.2) is 23.0 Å². The number of likely N-dealkylation sites (N-methyl/N-ethyl adjacent to an activating group) is 1. The Labute approximate surface area is 154 Å². The Bertz CT molecular complexity index is 862. The van der Waals surface area contributed by atoms with Crippen LogP contribution in [0.2, 0.25) is 0 Å². The van der Waals surface area contributed by atoms with Crippen LogP contribution >= 0.6 is 0 Å². The summed E-state index contributed by atoms with van der Waals surface area (Å²) in [7, 11) is 9.05. The van der Waals surface area contributed by atoms with Gasteiger partial charge >= 0.3 is 0 Å². The van der Waals surface area contributed by atoms with Crippen molar-refractivity contribution in [2.24, 2.45) is 0 Å². The lowest BCUT2D eigenvalue weighted by molar-refractivity contribution is -0.914. The minimum Gasteiger partial charge on any atom is -0.493 e. The van der Waals surface area contributed by atoms with E-state index >= 15 is 0 Å². The second kappa shape index (κ2) is 6.40. The van der Waals surface area contributed by atoms with Crippen LogP contribution in [0, 0.1) is 0 Å². The predicted octanol–water partition coefficient (Wildman–Crippen LogP) is 2.06. The van der Waals surface area contributed by atoms with Crippen LogP contribution in [0.15, 0.2) is 18.2 Å². The third-order valence-corrected chi connectivity index (χ3v) is 5.83. The number of hydrogen-bond acceptors (Lipinski definition) is 4. The van der Waals surface area contributed by atoms with Crippen molar-refractivity contribution in [1.29, 1.82) is 0 Å². The summed E-state index contributed by atoms with van der Waals surface area (Å²) in [6.07, 6.45) is 2.03. The molecule has 0 spiro atoms. The number of quaternary nitrogens is 1. The van der Waals surface area contributed by atoms with Crippen LogP contribution in [0.3, 0.4) is 0 Å². The Morgan fingerprint density at radius 1 is 0.846 bits per heavy atom. The van der Waals surface area contributed by atoms with E-state index in [1.807, 2.05) is 0 Å². The predicted molar refractivity (Wildman–Crippen MR) is 100.0 cm³/mol. The second-order valence-corrected chi connectivity index (χ2v) is 7.03. The molecule has 0 fully saturated rings. The molecule has 1 aliphatic heterocycles. The number of fused-ring (bicyclic) bond motifs is 2. The van der Waals surface area contributed by atoms with Crippen molar-refractivity contribution in [3.8, 4) is 34.1 Å². The topological polar surface area (TPSA) is 41.4 Å². The molecule has 0 radical (unpaired) electrons. The molecule has 2 aliphatic rings. The Morgan fingerprint density at radius 2 is 1.50 bits per heavy atom. The monoisotopic (exact) mass is 356 g/mol. The fourth-order valence-corrected chi connectivity index (χ4v) is 4.51. The number of nitrogens with one attached hydrogen (secondary N) is 1. The van der Waals surface area contributed by atoms with Crippen molar-refractivity contribution in [1.82, 2.24) is 0 Å². The van der Waals surface area contributed by atoms with E-state index < -0.39 is 0 Å². The van der Waals surface area contributed by atoms with E-state index in [1.165, 1.54) is 21.6 Å². The molecule has 0 amide bonds. The minimum atomic E-state index is 0.416. The van der Waals surface area contributed by atoms with Crippen LogP contribution < -0.4 is 23.8 Å². The highest BCUT2D eigenvalue weighted by Gasteiger charge is 2.39. The highest BCUT2D eigenvalue weighted by atomic mass is 16.5. The standard InChI is InChI=1S/C21H25NO4/c1-22-7-6-12-9-18(25-4)21(26-5)20-14-11-17(24-3)16(23-2)10-13(14)8-15(22)19(12)20/h9-11,15H,6-8H2,1-5H3/p+1/t15-/m1/s1. The first-order valence-corrected chi connectivity index (χ1v) is 8.98. The molecule has 0 bridgehead atoms. The largest absolute Gasteiger partial charge is 0.493 e. The highest BCUT2D eigenvalue weighted by molar-refractivity contribution is 5.84. The molecule has 1 N–H and O–H groups in total. The van der Waals surface area contributed by atoms with E-state index in [-0.39, 0.29) is 0 Å². The van der Waals surface area contributed by atoms with Gasteiger partial charge in [-0.2, -0.15) is 0 Å². The molecule has 1 aliphatic carbocycles. The molecule has 2 aromatic carbocycles. The number of ether oxygens (including phenoxy) is 4. The summed E-state index contributed by atoms with van der Waals surface area (Å²) in [5, 5.41) is 0. The second-order valence-electron chi connectivity index (χ2n) is 7.03. The molecule has 2 atom stereocenters. The molecule has 5 nitrogen and oxygen atoms in total. The Hall–Kier alpha value is -2.40. The molecule has 138 valence electrons. The van der Waals surface area contributed by atoms with Gasteiger partial charge in [0, 0.05) is 24.0 Å². The Kier molecular flexibility index (Phi) is 4.19. The van der Waals surface area contributed by atoms with Crippen molar-refractivity contribution in [3.63, 3.8) is 0 Å². The van der Waals surface area contributed by atoms with E-state index in [4.69, 9.17) is 18.9 Å². The lowest BCUT2D eigenvalue weighted by atomic mass is 9.76. The van der Waals surface area contributed by atoms with Crippen molar-refractivity contribution in [2.45, 2.75) is 18.9 Å². The first-order valence-electron chi connectivity index (χ1n) is 8.98. The summed E-state index contributed by atoms with van der Waals surface area (Å²) in [4.78, 5) is 1.53. The summed E-state index contributed by atoms with van der Waals surface area (Å²) in [6, 6.07) is 6.76. The van der Waals surface area contributed by atoms with Gasteiger partial charge in [-0.1, -0.05) is 0 Å². The Balaban J connectivity index is 2.07. The van der Waals surface area contributed by atoms with Crippen molar-refractivity contribution < 1.29 is 23.8 Å². The van der Waals surface area contributed by atoms with Crippen LogP contribution in [0.4, 0.5) is 0 Å². The summed E-state index contributed by atoms with van der Waals surface area (Å²) >= 11 is 0. The van der Waals surface area contributed by atoms with Crippen molar-refractivity contribution in [3.05, 3.63) is 34.9 Å². The van der Waals surface area contributed by atoms with Gasteiger partial charge in [-0.25, -0.2) is 0 Å². The molecular formula is C21H26NO4+. The lowest BCUT2D eigenvalue weighted by Crippen LogP contribution is -3.10. The summed E-state index contributed by atoms with van der Waals surface area (Å²) in [6.45, 7) is 1.12. The zero-order valence-electron chi connectivity index (χ0n) is 16.1. The molecule has 5 heteroatoms. The molecular weight excluding hydrogens is 330 g/mol. The molecule has 26 heavy (non-hydrogen) atoms. The first-order chi connectivity index (χ1) is 12.6. The van der Waals surface area contributed by atoms with E-state index in [0.29, 0.717) is 6.04 Å². The van der Waals surface area contributed by atoms with Crippen LogP contribution in [-0.2, 0) is 12.8 Å². The molecule has 2 aromatic rings. The molecule has 4 rings (SSSR count). The lowest BCUT2D eigenvalue weighted by Gasteiger charge is -2.38. The zero-order valence-corrected chi connectivity index (χ0v) is 16.1. The van der Waals surface area contributed by atoms with Gasteiger partial charge in [0.25, 0.3) is 0 Å². The van der Waals surface area contributed by atoms with Gasteiger partial charge in [0.05, 0.1) is 42.0 Å². The number of benzene rings is 2. The van der Waals surface area contributed by atoms with E-state index in [0.717, 1.165) is 53.5 Å². The average molecular weight is 356 g/mol. The van der Waals surface area contributed by atoms with Crippen LogP contribution in [0.5, 0.6) is 23.0 Å². The van der Waals surface area contributed by atoms with Gasteiger partial charge < -0.3 is 23.8 Å². The third-order valence-electron chi connectivity index (χ3n) is 5.83. The van der Waals surface area contributed by atoms with Crippen LogP contribution in [0.25, 0.3) is 11.1 Å². The zero-order chi connectivity index (χ0) is 18.4. The maximum Gasteiger partial charge on any atom is 0.169 e. The highest BCUT2D eigenvalue weighted by Crippen LogP contribution is 2.51. The average Bonchev–Trinajstić information content (AvgIpc) is 2.68. The SMILES string of the molecule is COc1cc2c(cc1OC)-c1c(OC)c(OC)cc3c1[C@@H](C2)[NH+](C)CC3. The summed E-state index contributed by atoms with van der Waals surface area (Å²) < 4.78 is 22.6. The first kappa shape index (κ1) is 17.0. The quantitative estimate of drug-likeness (QED) is 0.911. The molecule has 0 saturated heterocycles.